The van der Waals surface area contributed by atoms with E-state index in [0.29, 0.717) is 6.54 Å². The van der Waals surface area contributed by atoms with Crippen LogP contribution < -0.4 is 5.32 Å². The van der Waals surface area contributed by atoms with Gasteiger partial charge < -0.3 is 10.1 Å². The fraction of sp³-hybridized carbons (Fsp3) is 0.917. The second kappa shape index (κ2) is 6.38. The summed E-state index contributed by atoms with van der Waals surface area (Å²) in [6, 6.07) is 0. The van der Waals surface area contributed by atoms with E-state index in [0.717, 1.165) is 12.8 Å². The number of hydrogen-bond donors (Lipinski definition) is 1. The quantitative estimate of drug-likeness (QED) is 0.809. The molecule has 1 amide bonds. The number of alkyl carbamates (subject to hydrolysis) is 1. The summed E-state index contributed by atoms with van der Waals surface area (Å²) in [6.45, 7) is 10.6. The summed E-state index contributed by atoms with van der Waals surface area (Å²) in [5.74, 6) is 0. The Hall–Kier alpha value is -0.380. The Kier molecular flexibility index (Phi) is 6.23. The lowest BCUT2D eigenvalue weighted by Crippen LogP contribution is -2.41. The number of hydrogen-bond acceptors (Lipinski definition) is 3. The molecule has 0 atom stereocenters. The summed E-state index contributed by atoms with van der Waals surface area (Å²) in [7, 11) is 0. The molecular formula is C12H25NO2S. The molecule has 0 spiro atoms. The molecule has 0 aromatic heterocycles. The molecule has 96 valence electrons. The minimum atomic E-state index is -0.426. The van der Waals surface area contributed by atoms with Gasteiger partial charge in [0.15, 0.2) is 0 Å². The highest BCUT2D eigenvalue weighted by Crippen LogP contribution is 2.29. The van der Waals surface area contributed by atoms with Gasteiger partial charge in [-0.1, -0.05) is 13.8 Å². The Morgan fingerprint density at radius 2 is 1.75 bits per heavy atom. The lowest BCUT2D eigenvalue weighted by molar-refractivity contribution is 0.0521. The van der Waals surface area contributed by atoms with Crippen LogP contribution >= 0.6 is 11.8 Å². The lowest BCUT2D eigenvalue weighted by Gasteiger charge is -2.30. The molecule has 0 rings (SSSR count). The number of ether oxygens (including phenoxy) is 1. The van der Waals surface area contributed by atoms with E-state index in [2.05, 4.69) is 25.4 Å². The van der Waals surface area contributed by atoms with Crippen molar-refractivity contribution < 1.29 is 9.53 Å². The Bertz CT molecular complexity index is 211. The average Bonchev–Trinajstić information content (AvgIpc) is 2.18. The zero-order chi connectivity index (χ0) is 12.8. The molecule has 0 aliphatic carbocycles. The van der Waals surface area contributed by atoms with E-state index in [1.54, 1.807) is 0 Å². The summed E-state index contributed by atoms with van der Waals surface area (Å²) in [4.78, 5) is 11.5. The number of nitrogens with one attached hydrogen (secondary N) is 1. The van der Waals surface area contributed by atoms with Gasteiger partial charge in [-0.05, 0) is 39.9 Å². The van der Waals surface area contributed by atoms with Gasteiger partial charge in [0.2, 0.25) is 0 Å². The number of carbonyl (C=O) groups is 1. The molecule has 1 N–H and O–H groups in total. The first kappa shape index (κ1) is 15.6. The summed E-state index contributed by atoms with van der Waals surface area (Å²) >= 11 is 1.81. The topological polar surface area (TPSA) is 38.3 Å². The SMILES string of the molecule is CCC(CC)(CNC(=O)OC(C)(C)C)SC. The molecule has 0 radical (unpaired) electrons. The van der Waals surface area contributed by atoms with Gasteiger partial charge in [-0.25, -0.2) is 4.79 Å². The van der Waals surface area contributed by atoms with E-state index in [1.807, 2.05) is 32.5 Å². The maximum absolute atomic E-state index is 11.5. The van der Waals surface area contributed by atoms with E-state index >= 15 is 0 Å². The first-order chi connectivity index (χ1) is 7.28. The van der Waals surface area contributed by atoms with E-state index in [1.165, 1.54) is 0 Å². The van der Waals surface area contributed by atoms with E-state index in [9.17, 15) is 4.79 Å². The van der Waals surface area contributed by atoms with Crippen LogP contribution in [0, 0.1) is 0 Å². The molecule has 0 aromatic carbocycles. The molecule has 0 fully saturated rings. The minimum absolute atomic E-state index is 0.136. The van der Waals surface area contributed by atoms with Crippen molar-refractivity contribution in [1.29, 1.82) is 0 Å². The third kappa shape index (κ3) is 5.64. The van der Waals surface area contributed by atoms with Gasteiger partial charge in [0.1, 0.15) is 5.60 Å². The standard InChI is InChI=1S/C12H25NO2S/c1-7-12(8-2,16-6)9-13-10(14)15-11(3,4)5/h7-9H2,1-6H3,(H,13,14). The van der Waals surface area contributed by atoms with Crippen molar-refractivity contribution in [2.24, 2.45) is 0 Å². The highest BCUT2D eigenvalue weighted by atomic mass is 32.2. The van der Waals surface area contributed by atoms with Gasteiger partial charge in [-0.15, -0.1) is 0 Å². The molecule has 0 saturated heterocycles. The summed E-state index contributed by atoms with van der Waals surface area (Å²) in [5.41, 5.74) is -0.426. The molecule has 0 unspecified atom stereocenters. The van der Waals surface area contributed by atoms with Crippen LogP contribution in [0.25, 0.3) is 0 Å². The van der Waals surface area contributed by atoms with Crippen molar-refractivity contribution in [3.05, 3.63) is 0 Å². The number of thioether (sulfide) groups is 1. The third-order valence-electron chi connectivity index (χ3n) is 2.68. The lowest BCUT2D eigenvalue weighted by atomic mass is 10.0. The van der Waals surface area contributed by atoms with Crippen LogP contribution in [-0.2, 0) is 4.74 Å². The van der Waals surface area contributed by atoms with Gasteiger partial charge in [0, 0.05) is 11.3 Å². The molecule has 0 aliphatic heterocycles. The number of amides is 1. The Morgan fingerprint density at radius 1 is 1.25 bits per heavy atom. The van der Waals surface area contributed by atoms with Crippen LogP contribution in [0.3, 0.4) is 0 Å². The smallest absolute Gasteiger partial charge is 0.407 e. The molecule has 0 aliphatic rings. The zero-order valence-electron chi connectivity index (χ0n) is 11.3. The van der Waals surface area contributed by atoms with Gasteiger partial charge in [0.25, 0.3) is 0 Å². The number of carbonyl (C=O) groups excluding carboxylic acids is 1. The maximum Gasteiger partial charge on any atom is 0.407 e. The van der Waals surface area contributed by atoms with Crippen molar-refractivity contribution in [3.8, 4) is 0 Å². The van der Waals surface area contributed by atoms with E-state index in [-0.39, 0.29) is 10.8 Å². The molecule has 0 bridgehead atoms. The first-order valence-electron chi connectivity index (χ1n) is 5.80. The van der Waals surface area contributed by atoms with Crippen molar-refractivity contribution in [2.45, 2.75) is 57.8 Å². The molecule has 4 heteroatoms. The Balaban J connectivity index is 4.17. The van der Waals surface area contributed by atoms with Gasteiger partial charge in [-0.3, -0.25) is 0 Å². The van der Waals surface area contributed by atoms with Gasteiger partial charge >= 0.3 is 6.09 Å². The van der Waals surface area contributed by atoms with E-state index < -0.39 is 5.60 Å². The highest BCUT2D eigenvalue weighted by molar-refractivity contribution is 8.00. The third-order valence-corrected chi connectivity index (χ3v) is 4.26. The van der Waals surface area contributed by atoms with Crippen LogP contribution in [0.2, 0.25) is 0 Å². The van der Waals surface area contributed by atoms with Crippen molar-refractivity contribution in [3.63, 3.8) is 0 Å². The predicted octanol–water partition coefficient (Wildman–Crippen LogP) is 3.43. The van der Waals surface area contributed by atoms with E-state index in [4.69, 9.17) is 4.74 Å². The van der Waals surface area contributed by atoms with Crippen molar-refractivity contribution in [2.75, 3.05) is 12.8 Å². The van der Waals surface area contributed by atoms with Crippen LogP contribution in [0.1, 0.15) is 47.5 Å². The Labute approximate surface area is 104 Å². The fourth-order valence-corrected chi connectivity index (χ4v) is 2.20. The molecule has 0 heterocycles. The van der Waals surface area contributed by atoms with Gasteiger partial charge in [0.05, 0.1) is 0 Å². The largest absolute Gasteiger partial charge is 0.444 e. The monoisotopic (exact) mass is 247 g/mol. The first-order valence-corrected chi connectivity index (χ1v) is 7.03. The second-order valence-electron chi connectivity index (χ2n) is 4.95. The van der Waals surface area contributed by atoms with Crippen molar-refractivity contribution in [1.82, 2.24) is 5.32 Å². The van der Waals surface area contributed by atoms with Crippen LogP contribution in [0.5, 0.6) is 0 Å². The van der Waals surface area contributed by atoms with Crippen LogP contribution in [0.4, 0.5) is 4.79 Å². The highest BCUT2D eigenvalue weighted by Gasteiger charge is 2.26. The molecule has 16 heavy (non-hydrogen) atoms. The molecular weight excluding hydrogens is 222 g/mol. The zero-order valence-corrected chi connectivity index (χ0v) is 12.2. The number of rotatable bonds is 5. The molecule has 0 saturated carbocycles. The fourth-order valence-electron chi connectivity index (χ4n) is 1.41. The summed E-state index contributed by atoms with van der Waals surface area (Å²) in [6.07, 6.45) is 3.85. The normalized spacial score (nSPS) is 12.4. The Morgan fingerprint density at radius 3 is 2.06 bits per heavy atom. The van der Waals surface area contributed by atoms with Crippen molar-refractivity contribution >= 4 is 17.9 Å². The van der Waals surface area contributed by atoms with Gasteiger partial charge in [-0.2, -0.15) is 11.8 Å². The maximum atomic E-state index is 11.5. The van der Waals surface area contributed by atoms with Crippen LogP contribution in [0.15, 0.2) is 0 Å². The summed E-state index contributed by atoms with van der Waals surface area (Å²) < 4.78 is 5.34. The summed E-state index contributed by atoms with van der Waals surface area (Å²) in [5, 5.41) is 2.85. The minimum Gasteiger partial charge on any atom is -0.444 e. The average molecular weight is 247 g/mol. The van der Waals surface area contributed by atoms with Crippen LogP contribution in [-0.4, -0.2) is 29.2 Å². The molecule has 0 aromatic rings. The second-order valence-corrected chi connectivity index (χ2v) is 6.22. The molecule has 3 nitrogen and oxygen atoms in total. The predicted molar refractivity (Wildman–Crippen MR) is 71.1 cm³/mol.